The summed E-state index contributed by atoms with van der Waals surface area (Å²) in [6, 6.07) is 5.96. The maximum absolute atomic E-state index is 13.0. The first-order valence-electron chi connectivity index (χ1n) is 10.4. The molecule has 2 fully saturated rings. The largest absolute Gasteiger partial charge is 0.497 e. The third kappa shape index (κ3) is 5.63. The summed E-state index contributed by atoms with van der Waals surface area (Å²) < 4.78 is 45.7. The van der Waals surface area contributed by atoms with Crippen molar-refractivity contribution < 1.29 is 22.6 Å². The molecule has 0 bridgehead atoms. The lowest BCUT2D eigenvalue weighted by atomic mass is 9.91. The minimum Gasteiger partial charge on any atom is -0.497 e. The van der Waals surface area contributed by atoms with Crippen LogP contribution in [0.4, 0.5) is 0 Å². The van der Waals surface area contributed by atoms with Crippen LogP contribution in [0.2, 0.25) is 0 Å². The maximum Gasteiger partial charge on any atom is 0.282 e. The van der Waals surface area contributed by atoms with Gasteiger partial charge in [-0.25, -0.2) is 0 Å². The lowest BCUT2D eigenvalue weighted by Gasteiger charge is -2.39. The van der Waals surface area contributed by atoms with Gasteiger partial charge in [0.2, 0.25) is 0 Å². The van der Waals surface area contributed by atoms with Crippen LogP contribution in [0.15, 0.2) is 18.2 Å². The van der Waals surface area contributed by atoms with Crippen molar-refractivity contribution in [2.75, 3.05) is 40.4 Å². The average molecular weight is 427 g/mol. The highest BCUT2D eigenvalue weighted by molar-refractivity contribution is 7.86. The summed E-state index contributed by atoms with van der Waals surface area (Å²) in [5.74, 6) is 2.13. The molecule has 164 valence electrons. The van der Waals surface area contributed by atoms with E-state index in [1.54, 1.807) is 22.8 Å². The second kappa shape index (κ2) is 9.64. The predicted octanol–water partition coefficient (Wildman–Crippen LogP) is 2.70. The predicted molar refractivity (Wildman–Crippen MR) is 113 cm³/mol. The van der Waals surface area contributed by atoms with Gasteiger partial charge in [-0.2, -0.15) is 17.0 Å². The minimum atomic E-state index is -3.41. The van der Waals surface area contributed by atoms with Gasteiger partial charge in [-0.3, -0.25) is 0 Å². The molecule has 2 atom stereocenters. The van der Waals surface area contributed by atoms with E-state index in [2.05, 4.69) is 0 Å². The van der Waals surface area contributed by atoms with Gasteiger partial charge in [0.25, 0.3) is 10.2 Å². The van der Waals surface area contributed by atoms with Crippen LogP contribution in [0.1, 0.15) is 38.7 Å². The van der Waals surface area contributed by atoms with Gasteiger partial charge >= 0.3 is 0 Å². The van der Waals surface area contributed by atoms with E-state index in [4.69, 9.17) is 14.2 Å². The molecule has 0 amide bonds. The Kier molecular flexibility index (Phi) is 7.42. The second-order valence-corrected chi connectivity index (χ2v) is 10.1. The Morgan fingerprint density at radius 1 is 0.966 bits per heavy atom. The van der Waals surface area contributed by atoms with Crippen molar-refractivity contribution in [2.45, 2.75) is 51.7 Å². The summed E-state index contributed by atoms with van der Waals surface area (Å²) in [5, 5.41) is 0. The molecule has 2 aliphatic rings. The normalized spacial score (nSPS) is 25.1. The molecule has 0 spiro atoms. The summed E-state index contributed by atoms with van der Waals surface area (Å²) in [6.07, 6.45) is 3.64. The molecule has 8 heteroatoms. The zero-order valence-corrected chi connectivity index (χ0v) is 18.8. The molecule has 29 heavy (non-hydrogen) atoms. The monoisotopic (exact) mass is 426 g/mol. The summed E-state index contributed by atoms with van der Waals surface area (Å²) in [7, 11) is -0.0910. The Morgan fingerprint density at radius 2 is 1.52 bits per heavy atom. The number of hydrogen-bond acceptors (Lipinski definition) is 5. The van der Waals surface area contributed by atoms with Crippen LogP contribution in [-0.4, -0.2) is 69.6 Å². The van der Waals surface area contributed by atoms with Gasteiger partial charge in [-0.05, 0) is 63.1 Å². The van der Waals surface area contributed by atoms with Gasteiger partial charge in [0.05, 0.1) is 26.4 Å². The lowest BCUT2D eigenvalue weighted by Crippen LogP contribution is -2.54. The Balaban J connectivity index is 1.53. The van der Waals surface area contributed by atoms with E-state index in [9.17, 15) is 8.42 Å². The number of hydrogen-bond donors (Lipinski definition) is 0. The van der Waals surface area contributed by atoms with Crippen LogP contribution in [-0.2, 0) is 21.4 Å². The van der Waals surface area contributed by atoms with Gasteiger partial charge in [-0.15, -0.1) is 0 Å². The summed E-state index contributed by atoms with van der Waals surface area (Å²) >= 11 is 0. The molecular weight excluding hydrogens is 392 g/mol. The molecule has 0 aromatic heterocycles. The van der Waals surface area contributed by atoms with Crippen molar-refractivity contribution in [3.63, 3.8) is 0 Å². The molecular formula is C21H34N2O5S. The minimum absolute atomic E-state index is 0.0640. The molecule has 2 saturated heterocycles. The third-order valence-electron chi connectivity index (χ3n) is 5.86. The molecule has 0 saturated carbocycles. The Morgan fingerprint density at radius 3 is 2.03 bits per heavy atom. The van der Waals surface area contributed by atoms with E-state index < -0.39 is 10.2 Å². The SMILES string of the molecule is COc1cc(CCC2CCN(S(=O)(=O)N3C[C@H](C)O[C@@H](C)C3)CC2)cc(OC)c1. The van der Waals surface area contributed by atoms with Crippen molar-refractivity contribution in [1.29, 1.82) is 0 Å². The van der Waals surface area contributed by atoms with E-state index in [-0.39, 0.29) is 12.2 Å². The zero-order chi connectivity index (χ0) is 21.0. The van der Waals surface area contributed by atoms with Gasteiger partial charge in [-0.1, -0.05) is 0 Å². The van der Waals surface area contributed by atoms with Gasteiger partial charge < -0.3 is 14.2 Å². The zero-order valence-electron chi connectivity index (χ0n) is 18.0. The fourth-order valence-corrected chi connectivity index (χ4v) is 6.09. The van der Waals surface area contributed by atoms with Crippen molar-refractivity contribution in [2.24, 2.45) is 5.92 Å². The molecule has 3 rings (SSSR count). The molecule has 0 N–H and O–H groups in total. The molecule has 0 aliphatic carbocycles. The highest BCUT2D eigenvalue weighted by Crippen LogP contribution is 2.28. The molecule has 2 aliphatic heterocycles. The Hall–Kier alpha value is -1.35. The van der Waals surface area contributed by atoms with Crippen LogP contribution < -0.4 is 9.47 Å². The standard InChI is InChI=1S/C21H34N2O5S/c1-16-14-23(15-17(2)28-16)29(24,25)22-9-7-18(8-10-22)5-6-19-11-20(26-3)13-21(12-19)27-4/h11-13,16-18H,5-10,14-15H2,1-4H3/t16-,17-/m0/s1. The van der Waals surface area contributed by atoms with Gasteiger partial charge in [0.1, 0.15) is 11.5 Å². The van der Waals surface area contributed by atoms with Crippen molar-refractivity contribution in [3.8, 4) is 11.5 Å². The van der Waals surface area contributed by atoms with Gasteiger partial charge in [0, 0.05) is 32.2 Å². The second-order valence-electron chi connectivity index (χ2n) is 8.18. The van der Waals surface area contributed by atoms with Crippen LogP contribution >= 0.6 is 0 Å². The van der Waals surface area contributed by atoms with E-state index >= 15 is 0 Å². The topological polar surface area (TPSA) is 68.3 Å². The highest BCUT2D eigenvalue weighted by atomic mass is 32.2. The fraction of sp³-hybridized carbons (Fsp3) is 0.714. The van der Waals surface area contributed by atoms with Crippen LogP contribution in [0, 0.1) is 5.92 Å². The number of nitrogens with zero attached hydrogens (tertiary/aromatic N) is 2. The van der Waals surface area contributed by atoms with Crippen LogP contribution in [0.25, 0.3) is 0 Å². The summed E-state index contributed by atoms with van der Waals surface area (Å²) in [5.41, 5.74) is 1.19. The molecule has 1 aromatic carbocycles. The Labute approximate surface area is 175 Å². The Bertz CT molecular complexity index is 745. The number of benzene rings is 1. The quantitative estimate of drug-likeness (QED) is 0.671. The van der Waals surface area contributed by atoms with E-state index in [1.807, 2.05) is 32.0 Å². The number of rotatable bonds is 7. The van der Waals surface area contributed by atoms with Crippen molar-refractivity contribution in [1.82, 2.24) is 8.61 Å². The smallest absolute Gasteiger partial charge is 0.282 e. The van der Waals surface area contributed by atoms with Crippen molar-refractivity contribution >= 4 is 10.2 Å². The van der Waals surface area contributed by atoms with E-state index in [1.165, 1.54) is 5.56 Å². The molecule has 7 nitrogen and oxygen atoms in total. The maximum atomic E-state index is 13.0. The number of aryl methyl sites for hydroxylation is 1. The number of morpholine rings is 1. The fourth-order valence-electron chi connectivity index (χ4n) is 4.29. The van der Waals surface area contributed by atoms with E-state index in [0.29, 0.717) is 32.1 Å². The summed E-state index contributed by atoms with van der Waals surface area (Å²) in [6.45, 7) is 5.91. The first-order chi connectivity index (χ1) is 13.8. The van der Waals surface area contributed by atoms with E-state index in [0.717, 1.165) is 37.2 Å². The molecule has 0 unspecified atom stereocenters. The summed E-state index contributed by atoms with van der Waals surface area (Å²) in [4.78, 5) is 0. The lowest BCUT2D eigenvalue weighted by molar-refractivity contribution is -0.0456. The van der Waals surface area contributed by atoms with Crippen LogP contribution in [0.5, 0.6) is 11.5 Å². The van der Waals surface area contributed by atoms with Crippen molar-refractivity contribution in [3.05, 3.63) is 23.8 Å². The number of ether oxygens (including phenoxy) is 3. The van der Waals surface area contributed by atoms with Gasteiger partial charge in [0.15, 0.2) is 0 Å². The number of piperidine rings is 1. The average Bonchev–Trinajstić information content (AvgIpc) is 2.71. The van der Waals surface area contributed by atoms with Crippen LogP contribution in [0.3, 0.4) is 0 Å². The molecule has 2 heterocycles. The molecule has 1 aromatic rings. The number of methoxy groups -OCH3 is 2. The first-order valence-corrected chi connectivity index (χ1v) is 11.8. The first kappa shape index (κ1) is 22.3. The highest BCUT2D eigenvalue weighted by Gasteiger charge is 2.36. The third-order valence-corrected chi connectivity index (χ3v) is 7.83. The molecule has 0 radical (unpaired) electrons.